The number of hydrogen-bond acceptors (Lipinski definition) is 2. The summed E-state index contributed by atoms with van der Waals surface area (Å²) in [7, 11) is 0. The molecule has 0 heterocycles. The van der Waals surface area contributed by atoms with E-state index in [0.29, 0.717) is 6.08 Å². The van der Waals surface area contributed by atoms with Gasteiger partial charge in [0.2, 0.25) is 6.10 Å². The summed E-state index contributed by atoms with van der Waals surface area (Å²) in [5, 5.41) is 0. The Labute approximate surface area is 126 Å². The lowest BCUT2D eigenvalue weighted by molar-refractivity contribution is -0.148. The Hall–Kier alpha value is -1.05. The normalized spacial score (nSPS) is 25.4. The number of carbonyl (C=O) groups excluding carboxylic acids is 1. The van der Waals surface area contributed by atoms with Crippen LogP contribution in [-0.4, -0.2) is 18.7 Å². The molecule has 0 N–H and O–H groups in total. The molecule has 1 aliphatic carbocycles. The van der Waals surface area contributed by atoms with E-state index in [4.69, 9.17) is 34.4 Å². The minimum Gasteiger partial charge on any atom is -0.441 e. The maximum atomic E-state index is 13.4. The summed E-state index contributed by atoms with van der Waals surface area (Å²) < 4.78 is 30.3. The van der Waals surface area contributed by atoms with Crippen LogP contribution >= 0.6 is 23.2 Å². The number of halogens is 4. The second-order valence-electron chi connectivity index (χ2n) is 5.01. The Morgan fingerprint density at radius 1 is 1.55 bits per heavy atom. The lowest BCUT2D eigenvalue weighted by atomic mass is 10.1. The lowest BCUT2D eigenvalue weighted by Crippen LogP contribution is -2.20. The van der Waals surface area contributed by atoms with Gasteiger partial charge < -0.3 is 4.74 Å². The van der Waals surface area contributed by atoms with Gasteiger partial charge in [0.25, 0.3) is 0 Å². The number of terminal acetylenes is 1. The van der Waals surface area contributed by atoms with Gasteiger partial charge in [0.05, 0.1) is 5.92 Å². The maximum absolute atomic E-state index is 13.4. The Morgan fingerprint density at radius 3 is 2.60 bits per heavy atom. The van der Waals surface area contributed by atoms with Crippen LogP contribution in [0.2, 0.25) is 0 Å². The predicted molar refractivity (Wildman–Crippen MR) is 74.4 cm³/mol. The van der Waals surface area contributed by atoms with Gasteiger partial charge in [-0.1, -0.05) is 43.0 Å². The smallest absolute Gasteiger partial charge is 0.311 e. The van der Waals surface area contributed by atoms with E-state index in [1.165, 1.54) is 6.08 Å². The zero-order chi connectivity index (χ0) is 15.5. The van der Waals surface area contributed by atoms with E-state index in [2.05, 4.69) is 0 Å². The number of hydrogen-bond donors (Lipinski definition) is 0. The fourth-order valence-corrected chi connectivity index (χ4v) is 2.39. The van der Waals surface area contributed by atoms with E-state index in [-0.39, 0.29) is 10.4 Å². The van der Waals surface area contributed by atoms with Crippen molar-refractivity contribution in [2.75, 3.05) is 6.67 Å². The molecule has 20 heavy (non-hydrogen) atoms. The number of alkyl halides is 1. The van der Waals surface area contributed by atoms with E-state index < -0.39 is 35.9 Å². The molecule has 0 amide bonds. The molecule has 1 saturated carbocycles. The fraction of sp³-hybridized carbons (Fsp3) is 0.500. The van der Waals surface area contributed by atoms with Gasteiger partial charge in [-0.3, -0.25) is 4.79 Å². The Kier molecular flexibility index (Phi) is 5.61. The summed E-state index contributed by atoms with van der Waals surface area (Å²) in [4.78, 5) is 12.0. The van der Waals surface area contributed by atoms with E-state index in [9.17, 15) is 13.6 Å². The summed E-state index contributed by atoms with van der Waals surface area (Å²) in [6, 6.07) is 0. The number of rotatable bonds is 5. The van der Waals surface area contributed by atoms with Crippen molar-refractivity contribution in [1.29, 1.82) is 0 Å². The highest BCUT2D eigenvalue weighted by molar-refractivity contribution is 6.55. The van der Waals surface area contributed by atoms with E-state index in [1.807, 2.05) is 19.8 Å². The first-order chi connectivity index (χ1) is 9.25. The first-order valence-corrected chi connectivity index (χ1v) is 6.62. The lowest BCUT2D eigenvalue weighted by Gasteiger charge is -2.11. The van der Waals surface area contributed by atoms with Crippen LogP contribution in [0.1, 0.15) is 13.8 Å². The molecular weight excluding hydrogens is 309 g/mol. The summed E-state index contributed by atoms with van der Waals surface area (Å²) in [6.07, 6.45) is 5.73. The van der Waals surface area contributed by atoms with Crippen LogP contribution in [0.25, 0.3) is 0 Å². The van der Waals surface area contributed by atoms with Crippen molar-refractivity contribution in [3.63, 3.8) is 0 Å². The molecule has 0 aromatic rings. The molecule has 110 valence electrons. The molecule has 3 unspecified atom stereocenters. The molecule has 0 aliphatic heterocycles. The number of ether oxygens (including phenoxy) is 1. The Bertz CT molecular complexity index is 488. The number of allylic oxidation sites excluding steroid dienone is 2. The van der Waals surface area contributed by atoms with Crippen LogP contribution in [0.4, 0.5) is 8.78 Å². The van der Waals surface area contributed by atoms with Crippen molar-refractivity contribution in [3.05, 3.63) is 22.5 Å². The summed E-state index contributed by atoms with van der Waals surface area (Å²) in [6.45, 7) is 2.63. The van der Waals surface area contributed by atoms with Crippen LogP contribution < -0.4 is 0 Å². The molecule has 0 aromatic heterocycles. The van der Waals surface area contributed by atoms with Crippen molar-refractivity contribution in [1.82, 2.24) is 0 Å². The molecule has 0 saturated heterocycles. The molecule has 2 nitrogen and oxygen atoms in total. The highest BCUT2D eigenvalue weighted by Gasteiger charge is 2.62. The van der Waals surface area contributed by atoms with Gasteiger partial charge in [0, 0.05) is 0 Å². The fourth-order valence-electron chi connectivity index (χ4n) is 2.11. The molecule has 1 fully saturated rings. The molecule has 0 radical (unpaired) electrons. The molecule has 6 heteroatoms. The highest BCUT2D eigenvalue weighted by atomic mass is 35.5. The van der Waals surface area contributed by atoms with Gasteiger partial charge in [0.15, 0.2) is 5.83 Å². The molecule has 0 bridgehead atoms. The standard InChI is InChI=1S/C14H14Cl2F2O2/c1-4-10(9(18)5-6-17)20-13(19)12-8(7-11(15)16)14(12,2)3/h1,5,7-8,10,12H,6H2,2-3H3/b9-5-. The molecule has 1 rings (SSSR count). The quantitative estimate of drug-likeness (QED) is 0.566. The average molecular weight is 323 g/mol. The van der Waals surface area contributed by atoms with Crippen molar-refractivity contribution >= 4 is 29.2 Å². The first-order valence-electron chi connectivity index (χ1n) is 5.86. The minimum atomic E-state index is -1.51. The van der Waals surface area contributed by atoms with Crippen LogP contribution in [0, 0.1) is 29.6 Å². The minimum absolute atomic E-state index is 0.0513. The van der Waals surface area contributed by atoms with Gasteiger partial charge >= 0.3 is 5.97 Å². The summed E-state index contributed by atoms with van der Waals surface area (Å²) >= 11 is 11.1. The molecule has 3 atom stereocenters. The topological polar surface area (TPSA) is 26.3 Å². The Balaban J connectivity index is 2.76. The second kappa shape index (κ2) is 6.60. The third-order valence-electron chi connectivity index (χ3n) is 3.38. The highest BCUT2D eigenvalue weighted by Crippen LogP contribution is 2.60. The molecule has 0 spiro atoms. The van der Waals surface area contributed by atoms with Crippen LogP contribution in [0.15, 0.2) is 22.5 Å². The second-order valence-corrected chi connectivity index (χ2v) is 6.02. The van der Waals surface area contributed by atoms with Crippen LogP contribution in [0.3, 0.4) is 0 Å². The van der Waals surface area contributed by atoms with E-state index in [0.717, 1.165) is 0 Å². The summed E-state index contributed by atoms with van der Waals surface area (Å²) in [5.74, 6) is -0.402. The van der Waals surface area contributed by atoms with Crippen LogP contribution in [-0.2, 0) is 9.53 Å². The largest absolute Gasteiger partial charge is 0.441 e. The zero-order valence-electron chi connectivity index (χ0n) is 11.0. The van der Waals surface area contributed by atoms with Crippen molar-refractivity contribution in [2.24, 2.45) is 17.3 Å². The SMILES string of the molecule is C#CC(OC(=O)C1C(C=C(Cl)Cl)C1(C)C)/C(F)=C/CF. The van der Waals surface area contributed by atoms with Gasteiger partial charge in [-0.15, -0.1) is 6.42 Å². The van der Waals surface area contributed by atoms with Crippen molar-refractivity contribution < 1.29 is 18.3 Å². The maximum Gasteiger partial charge on any atom is 0.311 e. The first kappa shape index (κ1) is 17.0. The van der Waals surface area contributed by atoms with Gasteiger partial charge in [-0.25, -0.2) is 8.78 Å². The number of carbonyl (C=O) groups is 1. The predicted octanol–water partition coefficient (Wildman–Crippen LogP) is 3.95. The van der Waals surface area contributed by atoms with E-state index in [1.54, 1.807) is 0 Å². The average Bonchev–Trinajstić information content (AvgIpc) is 2.86. The Morgan fingerprint density at radius 2 is 2.15 bits per heavy atom. The van der Waals surface area contributed by atoms with Gasteiger partial charge in [-0.2, -0.15) is 0 Å². The molecule has 1 aliphatic rings. The third kappa shape index (κ3) is 3.74. The van der Waals surface area contributed by atoms with Crippen molar-refractivity contribution in [2.45, 2.75) is 20.0 Å². The van der Waals surface area contributed by atoms with Crippen molar-refractivity contribution in [3.8, 4) is 12.3 Å². The molecular formula is C14H14Cl2F2O2. The monoisotopic (exact) mass is 322 g/mol. The van der Waals surface area contributed by atoms with Crippen LogP contribution in [0.5, 0.6) is 0 Å². The third-order valence-corrected chi connectivity index (χ3v) is 3.63. The number of esters is 1. The molecule has 0 aromatic carbocycles. The van der Waals surface area contributed by atoms with E-state index >= 15 is 0 Å². The summed E-state index contributed by atoms with van der Waals surface area (Å²) in [5.41, 5.74) is -0.397. The van der Waals surface area contributed by atoms with Gasteiger partial charge in [0.1, 0.15) is 11.2 Å². The van der Waals surface area contributed by atoms with Gasteiger partial charge in [-0.05, 0) is 23.5 Å². The zero-order valence-corrected chi connectivity index (χ0v) is 12.5.